The summed E-state index contributed by atoms with van der Waals surface area (Å²) in [6, 6.07) is 13.5. The summed E-state index contributed by atoms with van der Waals surface area (Å²) in [5, 5.41) is -0.212. The van der Waals surface area contributed by atoms with Gasteiger partial charge in [0.1, 0.15) is 5.76 Å². The van der Waals surface area contributed by atoms with Crippen molar-refractivity contribution in [2.24, 2.45) is 0 Å². The Morgan fingerprint density at radius 2 is 1.91 bits per heavy atom. The molecule has 2 heterocycles. The maximum absolute atomic E-state index is 12.3. The SMILES string of the molecule is O=C1SC(=Cc2ccco2)C(=O)N1CCCc1ccccc1. The van der Waals surface area contributed by atoms with Gasteiger partial charge in [-0.2, -0.15) is 0 Å². The van der Waals surface area contributed by atoms with Gasteiger partial charge in [0, 0.05) is 12.6 Å². The van der Waals surface area contributed by atoms with E-state index in [1.54, 1.807) is 18.2 Å². The highest BCUT2D eigenvalue weighted by Gasteiger charge is 2.34. The Kier molecular flexibility index (Phi) is 4.44. The minimum atomic E-state index is -0.237. The Hall–Kier alpha value is -2.27. The number of carbonyl (C=O) groups excluding carboxylic acids is 2. The zero-order valence-corrected chi connectivity index (χ0v) is 12.7. The molecule has 5 heteroatoms. The van der Waals surface area contributed by atoms with E-state index in [9.17, 15) is 9.59 Å². The number of thioether (sulfide) groups is 1. The molecule has 0 aliphatic carbocycles. The van der Waals surface area contributed by atoms with Gasteiger partial charge in [-0.1, -0.05) is 30.3 Å². The predicted octanol–water partition coefficient (Wildman–Crippen LogP) is 3.95. The van der Waals surface area contributed by atoms with Gasteiger partial charge in [-0.05, 0) is 42.3 Å². The van der Waals surface area contributed by atoms with E-state index in [0.717, 1.165) is 24.6 Å². The summed E-state index contributed by atoms with van der Waals surface area (Å²) in [7, 11) is 0. The summed E-state index contributed by atoms with van der Waals surface area (Å²) >= 11 is 0.965. The molecule has 1 fully saturated rings. The van der Waals surface area contributed by atoms with Crippen LogP contribution < -0.4 is 0 Å². The van der Waals surface area contributed by atoms with Crippen molar-refractivity contribution in [1.82, 2.24) is 4.90 Å². The van der Waals surface area contributed by atoms with Gasteiger partial charge in [-0.25, -0.2) is 0 Å². The molecular weight excluding hydrogens is 298 g/mol. The summed E-state index contributed by atoms with van der Waals surface area (Å²) < 4.78 is 5.18. The van der Waals surface area contributed by atoms with E-state index >= 15 is 0 Å². The molecule has 0 spiro atoms. The van der Waals surface area contributed by atoms with Gasteiger partial charge in [-0.15, -0.1) is 0 Å². The lowest BCUT2D eigenvalue weighted by atomic mass is 10.1. The maximum atomic E-state index is 12.3. The molecule has 3 rings (SSSR count). The Bertz CT molecular complexity index is 692. The quantitative estimate of drug-likeness (QED) is 0.784. The molecule has 0 unspecified atom stereocenters. The minimum absolute atomic E-state index is 0.212. The van der Waals surface area contributed by atoms with Crippen LogP contribution in [0.1, 0.15) is 17.7 Å². The number of rotatable bonds is 5. The summed E-state index contributed by atoms with van der Waals surface area (Å²) in [6.07, 6.45) is 4.76. The third kappa shape index (κ3) is 3.31. The monoisotopic (exact) mass is 313 g/mol. The molecule has 0 atom stereocenters. The Morgan fingerprint density at radius 1 is 1.09 bits per heavy atom. The van der Waals surface area contributed by atoms with Crippen LogP contribution in [0.5, 0.6) is 0 Å². The molecule has 0 radical (unpaired) electrons. The zero-order valence-electron chi connectivity index (χ0n) is 11.9. The fraction of sp³-hybridized carbons (Fsp3) is 0.176. The van der Waals surface area contributed by atoms with Crippen molar-refractivity contribution in [1.29, 1.82) is 0 Å². The lowest BCUT2D eigenvalue weighted by Gasteiger charge is -2.11. The number of carbonyl (C=O) groups is 2. The first-order chi connectivity index (χ1) is 10.7. The van der Waals surface area contributed by atoms with Gasteiger partial charge in [0.05, 0.1) is 11.2 Å². The van der Waals surface area contributed by atoms with Crippen molar-refractivity contribution in [3.8, 4) is 0 Å². The normalized spacial score (nSPS) is 16.7. The van der Waals surface area contributed by atoms with Crippen LogP contribution in [0.15, 0.2) is 58.1 Å². The highest BCUT2D eigenvalue weighted by atomic mass is 32.2. The molecule has 4 nitrogen and oxygen atoms in total. The average molecular weight is 313 g/mol. The summed E-state index contributed by atoms with van der Waals surface area (Å²) in [5.74, 6) is 0.342. The van der Waals surface area contributed by atoms with Crippen molar-refractivity contribution in [2.75, 3.05) is 6.54 Å². The molecular formula is C17H15NO3S. The second kappa shape index (κ2) is 6.66. The van der Waals surface area contributed by atoms with Crippen LogP contribution in [0.4, 0.5) is 4.79 Å². The molecule has 22 heavy (non-hydrogen) atoms. The van der Waals surface area contributed by atoms with Crippen molar-refractivity contribution in [2.45, 2.75) is 12.8 Å². The minimum Gasteiger partial charge on any atom is -0.465 e. The van der Waals surface area contributed by atoms with Crippen LogP contribution in [-0.4, -0.2) is 22.6 Å². The van der Waals surface area contributed by atoms with E-state index in [2.05, 4.69) is 0 Å². The van der Waals surface area contributed by atoms with Gasteiger partial charge in [0.25, 0.3) is 11.1 Å². The van der Waals surface area contributed by atoms with Crippen LogP contribution in [0.25, 0.3) is 6.08 Å². The number of hydrogen-bond acceptors (Lipinski definition) is 4. The first-order valence-corrected chi connectivity index (χ1v) is 7.88. The number of benzene rings is 1. The van der Waals surface area contributed by atoms with Crippen molar-refractivity contribution >= 4 is 29.0 Å². The second-order valence-corrected chi connectivity index (χ2v) is 5.93. The maximum Gasteiger partial charge on any atom is 0.293 e. The number of nitrogens with zero attached hydrogens (tertiary/aromatic N) is 1. The van der Waals surface area contributed by atoms with E-state index in [1.807, 2.05) is 30.3 Å². The van der Waals surface area contributed by atoms with Crippen LogP contribution in [0.3, 0.4) is 0 Å². The molecule has 112 valence electrons. The fourth-order valence-electron chi connectivity index (χ4n) is 2.28. The molecule has 2 aromatic rings. The number of hydrogen-bond donors (Lipinski definition) is 0. The van der Waals surface area contributed by atoms with Crippen LogP contribution in [0.2, 0.25) is 0 Å². The van der Waals surface area contributed by atoms with Crippen molar-refractivity contribution in [3.63, 3.8) is 0 Å². The summed E-state index contributed by atoms with van der Waals surface area (Å²) in [6.45, 7) is 0.440. The second-order valence-electron chi connectivity index (χ2n) is 4.94. The average Bonchev–Trinajstić information content (AvgIpc) is 3.12. The molecule has 1 aliphatic heterocycles. The fourth-order valence-corrected chi connectivity index (χ4v) is 3.13. The summed E-state index contributed by atoms with van der Waals surface area (Å²) in [5.41, 5.74) is 1.21. The van der Waals surface area contributed by atoms with Crippen molar-refractivity contribution < 1.29 is 14.0 Å². The van der Waals surface area contributed by atoms with E-state index in [0.29, 0.717) is 17.2 Å². The Labute approximate surface area is 132 Å². The molecule has 0 bridgehead atoms. The van der Waals surface area contributed by atoms with E-state index < -0.39 is 0 Å². The standard InChI is InChI=1S/C17H15NO3S/c19-16-15(12-14-9-5-11-21-14)22-17(20)18(16)10-4-8-13-6-2-1-3-7-13/h1-3,5-7,9,11-12H,4,8,10H2. The lowest BCUT2D eigenvalue weighted by Crippen LogP contribution is -2.29. The number of aryl methyl sites for hydroxylation is 1. The molecule has 0 N–H and O–H groups in total. The van der Waals surface area contributed by atoms with Gasteiger partial charge >= 0.3 is 0 Å². The van der Waals surface area contributed by atoms with Gasteiger partial charge in [-0.3, -0.25) is 14.5 Å². The van der Waals surface area contributed by atoms with Crippen LogP contribution >= 0.6 is 11.8 Å². The lowest BCUT2D eigenvalue weighted by molar-refractivity contribution is -0.122. The largest absolute Gasteiger partial charge is 0.465 e. The van der Waals surface area contributed by atoms with Gasteiger partial charge < -0.3 is 4.42 Å². The zero-order chi connectivity index (χ0) is 15.4. The molecule has 1 aromatic heterocycles. The molecule has 1 aromatic carbocycles. The van der Waals surface area contributed by atoms with E-state index in [-0.39, 0.29) is 11.1 Å². The predicted molar refractivity (Wildman–Crippen MR) is 86.1 cm³/mol. The number of furan rings is 1. The number of amides is 2. The molecule has 1 saturated heterocycles. The summed E-state index contributed by atoms with van der Waals surface area (Å²) in [4.78, 5) is 25.9. The highest BCUT2D eigenvalue weighted by Crippen LogP contribution is 2.32. The van der Waals surface area contributed by atoms with E-state index in [1.165, 1.54) is 16.7 Å². The number of imide groups is 1. The first kappa shape index (κ1) is 14.7. The Morgan fingerprint density at radius 3 is 2.64 bits per heavy atom. The molecule has 1 aliphatic rings. The Balaban J connectivity index is 1.60. The highest BCUT2D eigenvalue weighted by molar-refractivity contribution is 8.18. The van der Waals surface area contributed by atoms with Crippen LogP contribution in [0, 0.1) is 0 Å². The molecule has 2 amide bonds. The third-order valence-electron chi connectivity index (χ3n) is 3.38. The smallest absolute Gasteiger partial charge is 0.293 e. The van der Waals surface area contributed by atoms with Crippen LogP contribution in [-0.2, 0) is 11.2 Å². The van der Waals surface area contributed by atoms with Crippen molar-refractivity contribution in [3.05, 3.63) is 65.0 Å². The topological polar surface area (TPSA) is 50.5 Å². The molecule has 0 saturated carbocycles. The van der Waals surface area contributed by atoms with Gasteiger partial charge in [0.15, 0.2) is 0 Å². The van der Waals surface area contributed by atoms with Gasteiger partial charge in [0.2, 0.25) is 0 Å². The third-order valence-corrected chi connectivity index (χ3v) is 4.29. The first-order valence-electron chi connectivity index (χ1n) is 7.07. The van der Waals surface area contributed by atoms with E-state index in [4.69, 9.17) is 4.42 Å².